The number of aromatic nitrogens is 2. The molecule has 0 radical (unpaired) electrons. The molecule has 0 saturated heterocycles. The van der Waals surface area contributed by atoms with Crippen molar-refractivity contribution in [3.05, 3.63) is 21.7 Å². The normalized spacial score (nSPS) is 11.3. The topological polar surface area (TPSA) is 90.9 Å². The first-order chi connectivity index (χ1) is 8.67. The molecule has 2 heterocycles. The van der Waals surface area contributed by atoms with Crippen molar-refractivity contribution >= 4 is 27.9 Å². The Morgan fingerprint density at radius 1 is 1.61 bits per heavy atom. The fraction of sp³-hybridized carbons (Fsp3) is 0.444. The lowest BCUT2D eigenvalue weighted by Crippen LogP contribution is -2.24. The summed E-state index contributed by atoms with van der Waals surface area (Å²) in [5.74, 6) is 0.128. The van der Waals surface area contributed by atoms with Gasteiger partial charge in [-0.25, -0.2) is 0 Å². The lowest BCUT2D eigenvalue weighted by atomic mass is 10.5. The molecule has 0 saturated carbocycles. The van der Waals surface area contributed by atoms with Gasteiger partial charge in [-0.2, -0.15) is 9.38 Å². The van der Waals surface area contributed by atoms with Crippen LogP contribution in [-0.4, -0.2) is 41.4 Å². The van der Waals surface area contributed by atoms with Crippen LogP contribution in [0.3, 0.4) is 0 Å². The maximum absolute atomic E-state index is 11.0. The molecule has 0 atom stereocenters. The van der Waals surface area contributed by atoms with Crippen LogP contribution in [-0.2, 0) is 9.47 Å². The summed E-state index contributed by atoms with van der Waals surface area (Å²) in [6, 6.07) is 0. The number of fused-ring (bicyclic) bond motifs is 1. The van der Waals surface area contributed by atoms with E-state index in [0.717, 1.165) is 0 Å². The van der Waals surface area contributed by atoms with Crippen molar-refractivity contribution in [1.82, 2.24) is 9.38 Å². The molecular formula is C9H12N4O4S. The number of nitrogens with zero attached hydrogens (tertiary/aromatic N) is 3. The smallest absolute Gasteiger partial charge is 0.358 e. The molecule has 0 aliphatic carbocycles. The molecule has 0 bridgehead atoms. The van der Waals surface area contributed by atoms with E-state index in [1.54, 1.807) is 11.6 Å². The Balaban J connectivity index is 2.24. The predicted molar refractivity (Wildman–Crippen MR) is 66.0 cm³/mol. The van der Waals surface area contributed by atoms with Crippen molar-refractivity contribution in [1.29, 1.82) is 0 Å². The molecule has 0 unspecified atom stereocenters. The third kappa shape index (κ3) is 2.28. The monoisotopic (exact) mass is 272 g/mol. The third-order valence-electron chi connectivity index (χ3n) is 2.37. The molecule has 2 aromatic heterocycles. The molecule has 0 fully saturated rings. The summed E-state index contributed by atoms with van der Waals surface area (Å²) in [6.07, 6.45) is 1.13. The zero-order valence-corrected chi connectivity index (χ0v) is 10.6. The summed E-state index contributed by atoms with van der Waals surface area (Å²) in [5, 5.41) is 15.6. The largest absolute Gasteiger partial charge is 0.372 e. The highest BCUT2D eigenvalue weighted by Crippen LogP contribution is 2.27. The van der Waals surface area contributed by atoms with E-state index in [4.69, 9.17) is 9.47 Å². The van der Waals surface area contributed by atoms with Crippen molar-refractivity contribution in [2.24, 2.45) is 0 Å². The fourth-order valence-corrected chi connectivity index (χ4v) is 2.22. The van der Waals surface area contributed by atoms with E-state index in [1.807, 2.05) is 0 Å². The number of thiazole rings is 1. The average molecular weight is 272 g/mol. The molecule has 98 valence electrons. The number of nitro groups is 1. The number of anilines is 1. The second-order valence-corrected chi connectivity index (χ2v) is 4.25. The first-order valence-electron chi connectivity index (χ1n) is 5.06. The van der Waals surface area contributed by atoms with Crippen LogP contribution in [0.15, 0.2) is 11.6 Å². The van der Waals surface area contributed by atoms with Crippen LogP contribution in [0.25, 0.3) is 4.96 Å². The molecule has 2 aromatic rings. The Labute approximate surface area is 106 Å². The van der Waals surface area contributed by atoms with Crippen LogP contribution in [0.4, 0.5) is 11.6 Å². The van der Waals surface area contributed by atoms with Gasteiger partial charge in [0.2, 0.25) is 5.82 Å². The number of ether oxygens (including phenoxy) is 2. The highest BCUT2D eigenvalue weighted by molar-refractivity contribution is 7.15. The van der Waals surface area contributed by atoms with Gasteiger partial charge in [-0.05, 0) is 4.92 Å². The fourth-order valence-electron chi connectivity index (χ4n) is 1.51. The van der Waals surface area contributed by atoms with Gasteiger partial charge in [0.15, 0.2) is 6.29 Å². The highest BCUT2D eigenvalue weighted by Gasteiger charge is 2.23. The van der Waals surface area contributed by atoms with E-state index in [1.165, 1.54) is 30.0 Å². The maximum atomic E-state index is 11.0. The Bertz CT molecular complexity index is 548. The van der Waals surface area contributed by atoms with Crippen LogP contribution in [0, 0.1) is 10.1 Å². The quantitative estimate of drug-likeness (QED) is 0.484. The molecule has 0 amide bonds. The first kappa shape index (κ1) is 12.7. The SMILES string of the molecule is COC(CNc1nc2sccn2c1[N+](=O)[O-])OC. The van der Waals surface area contributed by atoms with Gasteiger partial charge < -0.3 is 24.9 Å². The molecule has 0 spiro atoms. The molecule has 0 aromatic carbocycles. The van der Waals surface area contributed by atoms with E-state index >= 15 is 0 Å². The van der Waals surface area contributed by atoms with E-state index < -0.39 is 11.2 Å². The lowest BCUT2D eigenvalue weighted by Gasteiger charge is -2.13. The van der Waals surface area contributed by atoms with Crippen LogP contribution in [0.1, 0.15) is 0 Å². The van der Waals surface area contributed by atoms with Crippen molar-refractivity contribution < 1.29 is 14.4 Å². The molecule has 0 aliphatic heterocycles. The van der Waals surface area contributed by atoms with Crippen molar-refractivity contribution in [2.75, 3.05) is 26.1 Å². The molecule has 2 rings (SSSR count). The van der Waals surface area contributed by atoms with Gasteiger partial charge in [-0.15, -0.1) is 0 Å². The van der Waals surface area contributed by atoms with Crippen LogP contribution < -0.4 is 5.32 Å². The summed E-state index contributed by atoms with van der Waals surface area (Å²) in [4.78, 5) is 15.3. The Hall–Kier alpha value is -1.71. The summed E-state index contributed by atoms with van der Waals surface area (Å²) in [5.41, 5.74) is 0. The van der Waals surface area contributed by atoms with Gasteiger partial charge >= 0.3 is 5.82 Å². The van der Waals surface area contributed by atoms with E-state index in [-0.39, 0.29) is 18.2 Å². The standard InChI is InChI=1S/C9H12N4O4S/c1-16-6(17-2)5-10-7-8(13(14)15)12-3-4-18-9(12)11-7/h3-4,6,10H,5H2,1-2H3. The highest BCUT2D eigenvalue weighted by atomic mass is 32.1. The summed E-state index contributed by atoms with van der Waals surface area (Å²) in [6.45, 7) is 0.276. The van der Waals surface area contributed by atoms with Gasteiger partial charge in [-0.1, -0.05) is 11.3 Å². The Kier molecular flexibility index (Phi) is 3.75. The van der Waals surface area contributed by atoms with Crippen molar-refractivity contribution in [3.8, 4) is 0 Å². The number of nitrogens with one attached hydrogen (secondary N) is 1. The summed E-state index contributed by atoms with van der Waals surface area (Å²) >= 11 is 1.33. The zero-order chi connectivity index (χ0) is 13.1. The number of hydrogen-bond acceptors (Lipinski definition) is 7. The van der Waals surface area contributed by atoms with Gasteiger partial charge in [-0.3, -0.25) is 0 Å². The second kappa shape index (κ2) is 5.29. The van der Waals surface area contributed by atoms with E-state index in [2.05, 4.69) is 10.3 Å². The van der Waals surface area contributed by atoms with Gasteiger partial charge in [0.25, 0.3) is 4.96 Å². The number of hydrogen-bond donors (Lipinski definition) is 1. The minimum absolute atomic E-state index is 0.0859. The third-order valence-corrected chi connectivity index (χ3v) is 3.13. The summed E-state index contributed by atoms with van der Waals surface area (Å²) < 4.78 is 11.4. The van der Waals surface area contributed by atoms with Crippen LogP contribution in [0.2, 0.25) is 0 Å². The van der Waals surface area contributed by atoms with Gasteiger partial charge in [0.1, 0.15) is 6.20 Å². The summed E-state index contributed by atoms with van der Waals surface area (Å²) in [7, 11) is 2.99. The Morgan fingerprint density at radius 3 is 2.94 bits per heavy atom. The van der Waals surface area contributed by atoms with E-state index in [9.17, 15) is 10.1 Å². The Morgan fingerprint density at radius 2 is 2.33 bits per heavy atom. The average Bonchev–Trinajstić information content (AvgIpc) is 2.89. The van der Waals surface area contributed by atoms with Gasteiger partial charge in [0, 0.05) is 19.6 Å². The van der Waals surface area contributed by atoms with Crippen LogP contribution in [0.5, 0.6) is 0 Å². The molecule has 9 heteroatoms. The number of methoxy groups -OCH3 is 2. The maximum Gasteiger partial charge on any atom is 0.372 e. The zero-order valence-electron chi connectivity index (χ0n) is 9.82. The van der Waals surface area contributed by atoms with Crippen LogP contribution >= 0.6 is 11.3 Å². The second-order valence-electron chi connectivity index (χ2n) is 3.38. The van der Waals surface area contributed by atoms with Gasteiger partial charge in [0.05, 0.1) is 6.54 Å². The molecule has 1 N–H and O–H groups in total. The molecule has 18 heavy (non-hydrogen) atoms. The molecule has 0 aliphatic rings. The minimum atomic E-state index is -0.482. The minimum Gasteiger partial charge on any atom is -0.358 e. The number of rotatable bonds is 6. The van der Waals surface area contributed by atoms with Crippen molar-refractivity contribution in [2.45, 2.75) is 6.29 Å². The van der Waals surface area contributed by atoms with Crippen molar-refractivity contribution in [3.63, 3.8) is 0 Å². The lowest BCUT2D eigenvalue weighted by molar-refractivity contribution is -0.389. The molecular weight excluding hydrogens is 260 g/mol. The molecule has 8 nitrogen and oxygen atoms in total. The number of imidazole rings is 1. The van der Waals surface area contributed by atoms with E-state index in [0.29, 0.717) is 4.96 Å². The first-order valence-corrected chi connectivity index (χ1v) is 5.94. The predicted octanol–water partition coefficient (Wildman–Crippen LogP) is 1.33.